The Hall–Kier alpha value is -0.790. The van der Waals surface area contributed by atoms with Gasteiger partial charge in [0, 0.05) is 0 Å². The molecule has 0 fully saturated rings. The van der Waals surface area contributed by atoms with E-state index >= 15 is 0 Å². The monoisotopic (exact) mass is 142 g/mol. The predicted octanol–water partition coefficient (Wildman–Crippen LogP) is 1.92. The lowest BCUT2D eigenvalue weighted by Crippen LogP contribution is -2.29. The lowest BCUT2D eigenvalue weighted by molar-refractivity contribution is -0.148. The standard InChI is InChI=1S/C8H14O2/c1-5-6(2)8(3,4)7(9)10/h5-6H,1H2,2-4H3,(H,9,10)/t6-/m0/s1. The van der Waals surface area contributed by atoms with E-state index in [9.17, 15) is 4.79 Å². The Morgan fingerprint density at radius 3 is 2.20 bits per heavy atom. The molecule has 0 aromatic rings. The summed E-state index contributed by atoms with van der Waals surface area (Å²) in [6.45, 7) is 8.79. The summed E-state index contributed by atoms with van der Waals surface area (Å²) < 4.78 is 0. The Kier molecular flexibility index (Phi) is 2.64. The van der Waals surface area contributed by atoms with Crippen molar-refractivity contribution < 1.29 is 9.90 Å². The summed E-state index contributed by atoms with van der Waals surface area (Å²) in [5.41, 5.74) is -0.693. The number of carboxylic acids is 1. The number of hydrogen-bond acceptors (Lipinski definition) is 1. The SMILES string of the molecule is C=C[C@H](C)C(C)(C)C(=O)O. The van der Waals surface area contributed by atoms with Crippen molar-refractivity contribution in [3.63, 3.8) is 0 Å². The molecule has 0 amide bonds. The molecule has 0 aromatic heterocycles. The minimum Gasteiger partial charge on any atom is -0.481 e. The number of carbonyl (C=O) groups is 1. The van der Waals surface area contributed by atoms with Gasteiger partial charge in [-0.25, -0.2) is 0 Å². The van der Waals surface area contributed by atoms with Gasteiger partial charge in [-0.2, -0.15) is 0 Å². The molecule has 0 aliphatic rings. The van der Waals surface area contributed by atoms with Crippen LogP contribution in [0.25, 0.3) is 0 Å². The van der Waals surface area contributed by atoms with Crippen molar-refractivity contribution in [2.45, 2.75) is 20.8 Å². The van der Waals surface area contributed by atoms with E-state index in [0.717, 1.165) is 0 Å². The van der Waals surface area contributed by atoms with Crippen LogP contribution in [0.5, 0.6) is 0 Å². The van der Waals surface area contributed by atoms with Crippen LogP contribution in [0.4, 0.5) is 0 Å². The van der Waals surface area contributed by atoms with Gasteiger partial charge >= 0.3 is 5.97 Å². The highest BCUT2D eigenvalue weighted by Gasteiger charge is 2.31. The van der Waals surface area contributed by atoms with Gasteiger partial charge in [0.25, 0.3) is 0 Å². The molecule has 0 aliphatic carbocycles. The molecule has 0 rings (SSSR count). The molecule has 0 heterocycles. The highest BCUT2D eigenvalue weighted by atomic mass is 16.4. The highest BCUT2D eigenvalue weighted by molar-refractivity contribution is 5.74. The second kappa shape index (κ2) is 2.86. The molecule has 2 heteroatoms. The van der Waals surface area contributed by atoms with Gasteiger partial charge in [-0.1, -0.05) is 13.0 Å². The first-order valence-corrected chi connectivity index (χ1v) is 3.29. The van der Waals surface area contributed by atoms with E-state index in [1.165, 1.54) is 0 Å². The molecular weight excluding hydrogens is 128 g/mol. The van der Waals surface area contributed by atoms with E-state index in [1.807, 2.05) is 6.92 Å². The van der Waals surface area contributed by atoms with Crippen LogP contribution in [0.1, 0.15) is 20.8 Å². The average molecular weight is 142 g/mol. The van der Waals surface area contributed by atoms with Crippen LogP contribution in [-0.2, 0) is 4.79 Å². The van der Waals surface area contributed by atoms with E-state index < -0.39 is 11.4 Å². The van der Waals surface area contributed by atoms with Crippen molar-refractivity contribution >= 4 is 5.97 Å². The predicted molar refractivity (Wildman–Crippen MR) is 40.8 cm³/mol. The maximum Gasteiger partial charge on any atom is 0.309 e. The molecule has 0 aromatic carbocycles. The van der Waals surface area contributed by atoms with Crippen LogP contribution in [0, 0.1) is 11.3 Å². The average Bonchev–Trinajstić information content (AvgIpc) is 1.86. The molecule has 2 nitrogen and oxygen atoms in total. The molecule has 0 spiro atoms. The molecular formula is C8H14O2. The second-order valence-corrected chi connectivity index (χ2v) is 3.05. The van der Waals surface area contributed by atoms with Gasteiger partial charge in [-0.05, 0) is 19.8 Å². The Balaban J connectivity index is 4.38. The van der Waals surface area contributed by atoms with Crippen LogP contribution in [0.2, 0.25) is 0 Å². The van der Waals surface area contributed by atoms with Gasteiger partial charge in [-0.3, -0.25) is 4.79 Å². The third-order valence-electron chi connectivity index (χ3n) is 2.04. The summed E-state index contributed by atoms with van der Waals surface area (Å²) in [6, 6.07) is 0. The largest absolute Gasteiger partial charge is 0.481 e. The zero-order valence-electron chi connectivity index (χ0n) is 6.72. The maximum absolute atomic E-state index is 10.6. The molecule has 10 heavy (non-hydrogen) atoms. The van der Waals surface area contributed by atoms with Crippen molar-refractivity contribution in [3.8, 4) is 0 Å². The van der Waals surface area contributed by atoms with Crippen molar-refractivity contribution in [3.05, 3.63) is 12.7 Å². The van der Waals surface area contributed by atoms with Crippen LogP contribution in [0.15, 0.2) is 12.7 Å². The number of rotatable bonds is 3. The first-order valence-electron chi connectivity index (χ1n) is 3.29. The third-order valence-corrected chi connectivity index (χ3v) is 2.04. The lowest BCUT2D eigenvalue weighted by atomic mass is 9.80. The molecule has 0 radical (unpaired) electrons. The normalized spacial score (nSPS) is 14.3. The smallest absolute Gasteiger partial charge is 0.309 e. The van der Waals surface area contributed by atoms with E-state index in [0.29, 0.717) is 0 Å². The van der Waals surface area contributed by atoms with Gasteiger partial charge in [-0.15, -0.1) is 6.58 Å². The summed E-state index contributed by atoms with van der Waals surface area (Å²) in [7, 11) is 0. The minimum atomic E-state index is -0.778. The fourth-order valence-corrected chi connectivity index (χ4v) is 0.489. The van der Waals surface area contributed by atoms with Crippen molar-refractivity contribution in [2.75, 3.05) is 0 Å². The van der Waals surface area contributed by atoms with Crippen molar-refractivity contribution in [2.24, 2.45) is 11.3 Å². The Morgan fingerprint density at radius 2 is 2.10 bits per heavy atom. The fraction of sp³-hybridized carbons (Fsp3) is 0.625. The van der Waals surface area contributed by atoms with Gasteiger partial charge < -0.3 is 5.11 Å². The van der Waals surface area contributed by atoms with Crippen molar-refractivity contribution in [1.29, 1.82) is 0 Å². The number of hydrogen-bond donors (Lipinski definition) is 1. The van der Waals surface area contributed by atoms with Crippen LogP contribution in [-0.4, -0.2) is 11.1 Å². The van der Waals surface area contributed by atoms with Crippen LogP contribution >= 0.6 is 0 Å². The number of allylic oxidation sites excluding steroid dienone is 1. The molecule has 0 saturated carbocycles. The first kappa shape index (κ1) is 9.21. The maximum atomic E-state index is 10.6. The summed E-state index contributed by atoms with van der Waals surface area (Å²) in [6.07, 6.45) is 1.66. The van der Waals surface area contributed by atoms with Gasteiger partial charge in [0.15, 0.2) is 0 Å². The quantitative estimate of drug-likeness (QED) is 0.611. The molecule has 0 aliphatic heterocycles. The van der Waals surface area contributed by atoms with E-state index in [4.69, 9.17) is 5.11 Å². The topological polar surface area (TPSA) is 37.3 Å². The van der Waals surface area contributed by atoms with Crippen LogP contribution in [0.3, 0.4) is 0 Å². The minimum absolute atomic E-state index is 0.00463. The Labute approximate surface area is 61.6 Å². The van der Waals surface area contributed by atoms with E-state index in [1.54, 1.807) is 19.9 Å². The second-order valence-electron chi connectivity index (χ2n) is 3.05. The Bertz CT molecular complexity index is 147. The third kappa shape index (κ3) is 1.59. The van der Waals surface area contributed by atoms with Crippen LogP contribution < -0.4 is 0 Å². The first-order chi connectivity index (χ1) is 4.42. The number of aliphatic carboxylic acids is 1. The van der Waals surface area contributed by atoms with Gasteiger partial charge in [0.2, 0.25) is 0 Å². The molecule has 0 saturated heterocycles. The lowest BCUT2D eigenvalue weighted by Gasteiger charge is -2.23. The number of carboxylic acid groups (broad SMARTS) is 1. The van der Waals surface area contributed by atoms with E-state index in [2.05, 4.69) is 6.58 Å². The molecule has 0 unspecified atom stereocenters. The zero-order chi connectivity index (χ0) is 8.36. The summed E-state index contributed by atoms with van der Waals surface area (Å²) >= 11 is 0. The molecule has 58 valence electrons. The van der Waals surface area contributed by atoms with Gasteiger partial charge in [0.05, 0.1) is 5.41 Å². The Morgan fingerprint density at radius 1 is 1.70 bits per heavy atom. The van der Waals surface area contributed by atoms with Crippen molar-refractivity contribution in [1.82, 2.24) is 0 Å². The highest BCUT2D eigenvalue weighted by Crippen LogP contribution is 2.26. The summed E-state index contributed by atoms with van der Waals surface area (Å²) in [5.74, 6) is -0.773. The molecule has 1 atom stereocenters. The fourth-order valence-electron chi connectivity index (χ4n) is 0.489. The van der Waals surface area contributed by atoms with E-state index in [-0.39, 0.29) is 5.92 Å². The summed E-state index contributed by atoms with van der Waals surface area (Å²) in [5, 5.41) is 8.70. The molecule has 1 N–H and O–H groups in total. The summed E-state index contributed by atoms with van der Waals surface area (Å²) in [4.78, 5) is 10.6. The molecule has 0 bridgehead atoms. The van der Waals surface area contributed by atoms with Gasteiger partial charge in [0.1, 0.15) is 0 Å². The zero-order valence-corrected chi connectivity index (χ0v) is 6.72.